The Bertz CT molecular complexity index is 468. The van der Waals surface area contributed by atoms with E-state index in [9.17, 15) is 9.18 Å². The van der Waals surface area contributed by atoms with Gasteiger partial charge in [-0.05, 0) is 18.4 Å². The zero-order chi connectivity index (χ0) is 14.3. The molecule has 0 aromatic carbocycles. The molecular weight excluding hydrogens is 245 g/mol. The third kappa shape index (κ3) is 5.04. The van der Waals surface area contributed by atoms with E-state index in [1.54, 1.807) is 4.90 Å². The molecule has 102 valence electrons. The van der Waals surface area contributed by atoms with E-state index in [1.165, 1.54) is 12.3 Å². The largest absolute Gasteiger partial charge is 0.338 e. The van der Waals surface area contributed by atoms with Crippen LogP contribution in [0.2, 0.25) is 0 Å². The van der Waals surface area contributed by atoms with Crippen LogP contribution in [0.15, 0.2) is 18.3 Å². The Hall–Kier alpha value is -1.96. The van der Waals surface area contributed by atoms with Crippen LogP contribution in [0.25, 0.3) is 0 Å². The van der Waals surface area contributed by atoms with Crippen LogP contribution < -0.4 is 0 Å². The topological polar surface area (TPSA) is 57.0 Å². The van der Waals surface area contributed by atoms with Crippen molar-refractivity contribution in [3.8, 4) is 6.07 Å². The number of carbonyl (C=O) groups excluding carboxylic acids is 1. The highest BCUT2D eigenvalue weighted by molar-refractivity contribution is 5.94. The number of carbonyl (C=O) groups is 1. The second kappa shape index (κ2) is 7.47. The van der Waals surface area contributed by atoms with E-state index in [4.69, 9.17) is 5.26 Å². The van der Waals surface area contributed by atoms with Gasteiger partial charge in [0, 0.05) is 30.9 Å². The van der Waals surface area contributed by atoms with E-state index in [2.05, 4.69) is 18.8 Å². The fraction of sp³-hybridized carbons (Fsp3) is 0.500. The number of amides is 1. The number of hydrogen-bond donors (Lipinski definition) is 0. The monoisotopic (exact) mass is 263 g/mol. The zero-order valence-electron chi connectivity index (χ0n) is 11.3. The Balaban J connectivity index is 2.78. The molecule has 0 saturated carbocycles. The number of halogens is 1. The van der Waals surface area contributed by atoms with Gasteiger partial charge < -0.3 is 4.90 Å². The summed E-state index contributed by atoms with van der Waals surface area (Å²) >= 11 is 0. The normalized spacial score (nSPS) is 10.3. The van der Waals surface area contributed by atoms with Gasteiger partial charge in [0.2, 0.25) is 5.95 Å². The summed E-state index contributed by atoms with van der Waals surface area (Å²) in [6, 6.07) is 4.63. The molecule has 4 nitrogen and oxygen atoms in total. The van der Waals surface area contributed by atoms with Crippen LogP contribution in [-0.4, -0.2) is 28.9 Å². The number of aromatic nitrogens is 1. The van der Waals surface area contributed by atoms with Crippen molar-refractivity contribution < 1.29 is 9.18 Å². The standard InChI is InChI=1S/C14H18FN3O/c1-11(2)5-9-18(8-3-6-16)14(19)12-4-7-17-13(15)10-12/h4,7,10-11H,3,5,8-9H2,1-2H3. The summed E-state index contributed by atoms with van der Waals surface area (Å²) in [5.74, 6) is -0.460. The van der Waals surface area contributed by atoms with Crippen molar-refractivity contribution >= 4 is 5.91 Å². The van der Waals surface area contributed by atoms with E-state index in [-0.39, 0.29) is 17.9 Å². The maximum absolute atomic E-state index is 13.0. The molecule has 1 aromatic heterocycles. The van der Waals surface area contributed by atoms with Crippen molar-refractivity contribution in [2.24, 2.45) is 5.92 Å². The van der Waals surface area contributed by atoms with Crippen molar-refractivity contribution in [2.45, 2.75) is 26.7 Å². The minimum absolute atomic E-state index is 0.253. The van der Waals surface area contributed by atoms with Crippen LogP contribution in [-0.2, 0) is 0 Å². The molecule has 0 radical (unpaired) electrons. The lowest BCUT2D eigenvalue weighted by molar-refractivity contribution is 0.0751. The second-order valence-electron chi connectivity index (χ2n) is 4.75. The highest BCUT2D eigenvalue weighted by atomic mass is 19.1. The number of rotatable bonds is 6. The van der Waals surface area contributed by atoms with Crippen molar-refractivity contribution in [2.75, 3.05) is 13.1 Å². The molecule has 0 aliphatic carbocycles. The predicted molar refractivity (Wildman–Crippen MR) is 69.8 cm³/mol. The van der Waals surface area contributed by atoms with Crippen LogP contribution in [0.5, 0.6) is 0 Å². The van der Waals surface area contributed by atoms with Gasteiger partial charge in [-0.3, -0.25) is 4.79 Å². The van der Waals surface area contributed by atoms with Crippen molar-refractivity contribution in [3.63, 3.8) is 0 Å². The van der Waals surface area contributed by atoms with Crippen LogP contribution >= 0.6 is 0 Å². The Labute approximate surface area is 112 Å². The lowest BCUT2D eigenvalue weighted by atomic mass is 10.1. The van der Waals surface area contributed by atoms with Crippen molar-refractivity contribution in [1.29, 1.82) is 5.26 Å². The fourth-order valence-electron chi connectivity index (χ4n) is 1.63. The molecule has 0 aliphatic rings. The van der Waals surface area contributed by atoms with Crippen molar-refractivity contribution in [1.82, 2.24) is 9.88 Å². The molecule has 19 heavy (non-hydrogen) atoms. The molecule has 1 aromatic rings. The first-order chi connectivity index (χ1) is 9.04. The zero-order valence-corrected chi connectivity index (χ0v) is 11.3. The molecule has 5 heteroatoms. The van der Waals surface area contributed by atoms with Crippen molar-refractivity contribution in [3.05, 3.63) is 29.8 Å². The smallest absolute Gasteiger partial charge is 0.254 e. The summed E-state index contributed by atoms with van der Waals surface area (Å²) in [5, 5.41) is 8.63. The Kier molecular flexibility index (Phi) is 5.94. The molecule has 0 bridgehead atoms. The summed E-state index contributed by atoms with van der Waals surface area (Å²) in [6.45, 7) is 5.08. The summed E-state index contributed by atoms with van der Waals surface area (Å²) in [6.07, 6.45) is 2.40. The SMILES string of the molecule is CC(C)CCN(CCC#N)C(=O)c1ccnc(F)c1. The van der Waals surface area contributed by atoms with Gasteiger partial charge in [0.25, 0.3) is 5.91 Å². The fourth-order valence-corrected chi connectivity index (χ4v) is 1.63. The number of nitrogens with zero attached hydrogens (tertiary/aromatic N) is 3. The van der Waals surface area contributed by atoms with E-state index in [0.29, 0.717) is 19.0 Å². The molecule has 0 saturated heterocycles. The van der Waals surface area contributed by atoms with Gasteiger partial charge >= 0.3 is 0 Å². The average Bonchev–Trinajstić information content (AvgIpc) is 2.38. The highest BCUT2D eigenvalue weighted by Gasteiger charge is 2.16. The Morgan fingerprint density at radius 2 is 2.26 bits per heavy atom. The quantitative estimate of drug-likeness (QED) is 0.741. The molecule has 1 heterocycles. The van der Waals surface area contributed by atoms with E-state index < -0.39 is 5.95 Å². The number of hydrogen-bond acceptors (Lipinski definition) is 3. The van der Waals surface area contributed by atoms with Gasteiger partial charge in [0.05, 0.1) is 12.5 Å². The first kappa shape index (κ1) is 15.1. The number of nitriles is 1. The van der Waals surface area contributed by atoms with Gasteiger partial charge in [-0.25, -0.2) is 4.98 Å². The van der Waals surface area contributed by atoms with Crippen LogP contribution in [0.3, 0.4) is 0 Å². The molecule has 0 aliphatic heterocycles. The van der Waals surface area contributed by atoms with E-state index in [1.807, 2.05) is 6.07 Å². The number of pyridine rings is 1. The van der Waals surface area contributed by atoms with Gasteiger partial charge in [0.1, 0.15) is 0 Å². The first-order valence-electron chi connectivity index (χ1n) is 6.32. The van der Waals surface area contributed by atoms with Gasteiger partial charge in [0.15, 0.2) is 0 Å². The lowest BCUT2D eigenvalue weighted by Crippen LogP contribution is -2.33. The highest BCUT2D eigenvalue weighted by Crippen LogP contribution is 2.09. The first-order valence-corrected chi connectivity index (χ1v) is 6.32. The predicted octanol–water partition coefficient (Wildman–Crippen LogP) is 2.62. The summed E-state index contributed by atoms with van der Waals surface area (Å²) in [4.78, 5) is 17.3. The molecule has 0 fully saturated rings. The third-order valence-electron chi connectivity index (χ3n) is 2.73. The molecule has 1 rings (SSSR count). The second-order valence-corrected chi connectivity index (χ2v) is 4.75. The Morgan fingerprint density at radius 1 is 1.53 bits per heavy atom. The van der Waals surface area contributed by atoms with Crippen LogP contribution in [0.4, 0.5) is 4.39 Å². The molecular formula is C14H18FN3O. The van der Waals surface area contributed by atoms with Gasteiger partial charge in [-0.1, -0.05) is 13.8 Å². The third-order valence-corrected chi connectivity index (χ3v) is 2.73. The van der Waals surface area contributed by atoms with Gasteiger partial charge in [-0.2, -0.15) is 9.65 Å². The summed E-state index contributed by atoms with van der Waals surface area (Å²) in [7, 11) is 0. The van der Waals surface area contributed by atoms with Gasteiger partial charge in [-0.15, -0.1) is 0 Å². The lowest BCUT2D eigenvalue weighted by Gasteiger charge is -2.22. The Morgan fingerprint density at radius 3 is 2.84 bits per heavy atom. The maximum atomic E-state index is 13.0. The van der Waals surface area contributed by atoms with Crippen LogP contribution in [0.1, 0.15) is 37.0 Å². The minimum atomic E-state index is -0.671. The van der Waals surface area contributed by atoms with E-state index >= 15 is 0 Å². The minimum Gasteiger partial charge on any atom is -0.338 e. The molecule has 0 N–H and O–H groups in total. The maximum Gasteiger partial charge on any atom is 0.254 e. The summed E-state index contributed by atoms with van der Waals surface area (Å²) in [5.41, 5.74) is 0.272. The summed E-state index contributed by atoms with van der Waals surface area (Å²) < 4.78 is 13.0. The average molecular weight is 263 g/mol. The van der Waals surface area contributed by atoms with E-state index in [0.717, 1.165) is 12.5 Å². The molecule has 0 atom stereocenters. The molecule has 0 spiro atoms. The van der Waals surface area contributed by atoms with Crippen LogP contribution in [0, 0.1) is 23.2 Å². The molecule has 1 amide bonds. The molecule has 0 unspecified atom stereocenters.